The summed E-state index contributed by atoms with van der Waals surface area (Å²) in [7, 11) is 0. The van der Waals surface area contributed by atoms with Crippen LogP contribution in [0.5, 0.6) is 0 Å². The third-order valence-corrected chi connectivity index (χ3v) is 6.98. The zero-order valence-corrected chi connectivity index (χ0v) is 19.6. The van der Waals surface area contributed by atoms with Gasteiger partial charge in [-0.1, -0.05) is 24.3 Å². The molecule has 2 aromatic carbocycles. The molecule has 2 aliphatic rings. The topological polar surface area (TPSA) is 39.3 Å². The second-order valence-corrected chi connectivity index (χ2v) is 9.18. The van der Waals surface area contributed by atoms with E-state index in [4.69, 9.17) is 0 Å². The number of amides is 1. The van der Waals surface area contributed by atoms with Crippen molar-refractivity contribution in [2.75, 3.05) is 31.1 Å². The number of aromatic amines is 1. The molecular weight excluding hydrogens is 425 g/mol. The van der Waals surface area contributed by atoms with Gasteiger partial charge in [-0.15, -0.1) is 12.4 Å². The Labute approximate surface area is 194 Å². The molecular formula is C26H29ClFN3O. The van der Waals surface area contributed by atoms with E-state index in [2.05, 4.69) is 28.1 Å². The maximum absolute atomic E-state index is 13.9. The molecule has 1 amide bonds. The van der Waals surface area contributed by atoms with Crippen LogP contribution in [-0.4, -0.2) is 42.0 Å². The lowest BCUT2D eigenvalue weighted by Gasteiger charge is -2.29. The van der Waals surface area contributed by atoms with Crippen molar-refractivity contribution in [1.29, 1.82) is 0 Å². The van der Waals surface area contributed by atoms with Crippen molar-refractivity contribution in [3.63, 3.8) is 0 Å². The molecule has 168 valence electrons. The number of nitrogens with zero attached hydrogens (tertiary/aromatic N) is 2. The van der Waals surface area contributed by atoms with E-state index in [0.29, 0.717) is 12.1 Å². The Hall–Kier alpha value is -2.63. The van der Waals surface area contributed by atoms with Crippen molar-refractivity contribution in [3.8, 4) is 0 Å². The minimum atomic E-state index is -0.460. The van der Waals surface area contributed by atoms with Crippen molar-refractivity contribution in [2.45, 2.75) is 32.6 Å². The first-order valence-electron chi connectivity index (χ1n) is 11.0. The van der Waals surface area contributed by atoms with Crippen LogP contribution in [0.3, 0.4) is 0 Å². The van der Waals surface area contributed by atoms with Gasteiger partial charge in [0.1, 0.15) is 5.82 Å². The lowest BCUT2D eigenvalue weighted by molar-refractivity contribution is -0.122. The highest BCUT2D eigenvalue weighted by atomic mass is 35.5. The number of aromatic nitrogens is 1. The van der Waals surface area contributed by atoms with Crippen LogP contribution >= 0.6 is 12.4 Å². The van der Waals surface area contributed by atoms with Crippen molar-refractivity contribution < 1.29 is 9.18 Å². The normalized spacial score (nSPS) is 17.9. The first-order valence-corrected chi connectivity index (χ1v) is 11.0. The molecule has 0 bridgehead atoms. The average molecular weight is 454 g/mol. The summed E-state index contributed by atoms with van der Waals surface area (Å²) in [5.74, 6) is 0.00856. The van der Waals surface area contributed by atoms with Crippen LogP contribution in [0.2, 0.25) is 0 Å². The standard InChI is InChI=1S/C26H28FN3O.ClH/c1-17-22(27)9-8-19-20(16-28-24(17)19)18-10-12-29(13-11-18)14-15-30-23-7-5-4-6-21(23)26(2,3)25(30)31;/h4-10,16,28H,11-15H2,1-3H3;1H. The maximum atomic E-state index is 13.9. The molecule has 6 heteroatoms. The lowest BCUT2D eigenvalue weighted by Crippen LogP contribution is -2.42. The predicted molar refractivity (Wildman–Crippen MR) is 131 cm³/mol. The monoisotopic (exact) mass is 453 g/mol. The molecule has 32 heavy (non-hydrogen) atoms. The Morgan fingerprint density at radius 2 is 1.91 bits per heavy atom. The smallest absolute Gasteiger partial charge is 0.237 e. The van der Waals surface area contributed by atoms with Crippen molar-refractivity contribution in [2.24, 2.45) is 0 Å². The number of benzene rings is 2. The van der Waals surface area contributed by atoms with E-state index in [-0.39, 0.29) is 24.1 Å². The number of anilines is 1. The lowest BCUT2D eigenvalue weighted by atomic mass is 9.86. The van der Waals surface area contributed by atoms with E-state index in [9.17, 15) is 9.18 Å². The van der Waals surface area contributed by atoms with Crippen molar-refractivity contribution in [1.82, 2.24) is 9.88 Å². The Balaban J connectivity index is 0.00000245. The maximum Gasteiger partial charge on any atom is 0.237 e. The van der Waals surface area contributed by atoms with Gasteiger partial charge in [-0.25, -0.2) is 4.39 Å². The van der Waals surface area contributed by atoms with E-state index in [1.807, 2.05) is 50.1 Å². The number of hydrogen-bond donors (Lipinski definition) is 1. The quantitative estimate of drug-likeness (QED) is 0.570. The molecule has 1 aromatic heterocycles. The van der Waals surface area contributed by atoms with Gasteiger partial charge < -0.3 is 9.88 Å². The molecule has 5 rings (SSSR count). The second kappa shape index (κ2) is 8.38. The third kappa shape index (κ3) is 3.54. The fraction of sp³-hybridized carbons (Fsp3) is 0.346. The van der Waals surface area contributed by atoms with E-state index < -0.39 is 5.41 Å². The van der Waals surface area contributed by atoms with Gasteiger partial charge in [0.25, 0.3) is 0 Å². The first kappa shape index (κ1) is 22.6. The van der Waals surface area contributed by atoms with Crippen LogP contribution in [0, 0.1) is 12.7 Å². The summed E-state index contributed by atoms with van der Waals surface area (Å²) in [6, 6.07) is 11.6. The molecule has 0 saturated carbocycles. The minimum Gasteiger partial charge on any atom is -0.360 e. The predicted octanol–water partition coefficient (Wildman–Crippen LogP) is 5.45. The Morgan fingerprint density at radius 1 is 1.12 bits per heavy atom. The minimum absolute atomic E-state index is 0. The number of hydrogen-bond acceptors (Lipinski definition) is 2. The molecule has 0 atom stereocenters. The summed E-state index contributed by atoms with van der Waals surface area (Å²) in [5, 5.41) is 1.08. The molecule has 0 unspecified atom stereocenters. The van der Waals surface area contributed by atoms with Crippen molar-refractivity contribution in [3.05, 3.63) is 71.2 Å². The summed E-state index contributed by atoms with van der Waals surface area (Å²) >= 11 is 0. The van der Waals surface area contributed by atoms with Gasteiger partial charge >= 0.3 is 0 Å². The van der Waals surface area contributed by atoms with E-state index in [1.54, 1.807) is 6.07 Å². The molecule has 1 N–H and O–H groups in total. The molecule has 4 nitrogen and oxygen atoms in total. The van der Waals surface area contributed by atoms with Gasteiger partial charge in [0.2, 0.25) is 5.91 Å². The number of para-hydroxylation sites is 1. The van der Waals surface area contributed by atoms with Crippen molar-refractivity contribution >= 4 is 40.5 Å². The molecule has 2 aliphatic heterocycles. The zero-order chi connectivity index (χ0) is 21.8. The van der Waals surface area contributed by atoms with Gasteiger partial charge in [-0.05, 0) is 56.5 Å². The summed E-state index contributed by atoms with van der Waals surface area (Å²) < 4.78 is 13.9. The van der Waals surface area contributed by atoms with Crippen LogP contribution in [0.15, 0.2) is 48.7 Å². The number of fused-ring (bicyclic) bond motifs is 2. The summed E-state index contributed by atoms with van der Waals surface area (Å²) in [4.78, 5) is 20.6. The number of halogens is 2. The Morgan fingerprint density at radius 3 is 2.66 bits per heavy atom. The van der Waals surface area contributed by atoms with Crippen LogP contribution in [-0.2, 0) is 10.2 Å². The molecule has 0 spiro atoms. The van der Waals surface area contributed by atoms with Gasteiger partial charge in [0.05, 0.1) is 10.9 Å². The highest BCUT2D eigenvalue weighted by molar-refractivity contribution is 6.07. The first-order chi connectivity index (χ1) is 14.9. The van der Waals surface area contributed by atoms with Crippen LogP contribution in [0.25, 0.3) is 16.5 Å². The number of carbonyl (C=O) groups is 1. The van der Waals surface area contributed by atoms with Crippen LogP contribution in [0.4, 0.5) is 10.1 Å². The van der Waals surface area contributed by atoms with Crippen LogP contribution in [0.1, 0.15) is 37.0 Å². The van der Waals surface area contributed by atoms with Gasteiger partial charge in [0.15, 0.2) is 0 Å². The van der Waals surface area contributed by atoms with E-state index >= 15 is 0 Å². The summed E-state index contributed by atoms with van der Waals surface area (Å²) in [5.41, 5.74) is 5.73. The molecule has 3 aromatic rings. The summed E-state index contributed by atoms with van der Waals surface area (Å²) in [6.07, 6.45) is 5.22. The number of rotatable bonds is 4. The molecule has 0 fully saturated rings. The number of nitrogens with one attached hydrogen (secondary N) is 1. The molecule has 0 radical (unpaired) electrons. The van der Waals surface area contributed by atoms with E-state index in [0.717, 1.165) is 48.2 Å². The van der Waals surface area contributed by atoms with E-state index in [1.165, 1.54) is 11.1 Å². The molecule has 3 heterocycles. The van der Waals surface area contributed by atoms with Crippen LogP contribution < -0.4 is 4.90 Å². The Bertz CT molecular complexity index is 1210. The molecule has 0 saturated heterocycles. The number of H-pyrrole nitrogens is 1. The Kier molecular flexibility index (Phi) is 5.91. The number of carbonyl (C=O) groups excluding carboxylic acids is 1. The largest absolute Gasteiger partial charge is 0.360 e. The fourth-order valence-electron chi connectivity index (χ4n) is 5.01. The average Bonchev–Trinajstić information content (AvgIpc) is 3.29. The fourth-order valence-corrected chi connectivity index (χ4v) is 5.01. The highest BCUT2D eigenvalue weighted by Crippen LogP contribution is 2.41. The second-order valence-electron chi connectivity index (χ2n) is 9.18. The SMILES string of the molecule is Cc1c(F)ccc2c(C3=CCN(CCN4C(=O)C(C)(C)c5ccccc54)CC3)c[nH]c12.Cl. The van der Waals surface area contributed by atoms with Gasteiger partial charge in [-0.3, -0.25) is 9.69 Å². The molecule has 0 aliphatic carbocycles. The van der Waals surface area contributed by atoms with Gasteiger partial charge in [0, 0.05) is 54.6 Å². The summed E-state index contributed by atoms with van der Waals surface area (Å²) in [6.45, 7) is 9.19. The highest BCUT2D eigenvalue weighted by Gasteiger charge is 2.43. The third-order valence-electron chi connectivity index (χ3n) is 6.98. The van der Waals surface area contributed by atoms with Gasteiger partial charge in [-0.2, -0.15) is 0 Å². The number of aryl methyl sites for hydroxylation is 1. The zero-order valence-electron chi connectivity index (χ0n) is 18.7.